The molecule has 0 bridgehead atoms. The summed E-state index contributed by atoms with van der Waals surface area (Å²) in [4.78, 5) is 2.28. The van der Waals surface area contributed by atoms with Gasteiger partial charge < -0.3 is 4.90 Å². The van der Waals surface area contributed by atoms with E-state index in [1.54, 1.807) is 0 Å². The Morgan fingerprint density at radius 1 is 1.17 bits per heavy atom. The van der Waals surface area contributed by atoms with Crippen molar-refractivity contribution in [3.05, 3.63) is 42.0 Å². The predicted molar refractivity (Wildman–Crippen MR) is 76.8 cm³/mol. The Kier molecular flexibility index (Phi) is 3.53. The van der Waals surface area contributed by atoms with E-state index in [2.05, 4.69) is 37.9 Å². The molecule has 0 fully saturated rings. The average molecular weight is 238 g/mol. The molecule has 0 saturated heterocycles. The molecule has 1 unspecified atom stereocenters. The van der Waals surface area contributed by atoms with Crippen LogP contribution in [0.1, 0.15) is 25.8 Å². The molecule has 1 atom stereocenters. The SMILES string of the molecule is CCC(C)N(C)c1ccc(C#N)c2ccccc12. The monoisotopic (exact) mass is 238 g/mol. The van der Waals surface area contributed by atoms with Crippen molar-refractivity contribution in [2.45, 2.75) is 26.3 Å². The lowest BCUT2D eigenvalue weighted by Gasteiger charge is -2.27. The fourth-order valence-corrected chi connectivity index (χ4v) is 2.20. The van der Waals surface area contributed by atoms with E-state index in [4.69, 9.17) is 5.26 Å². The number of hydrogen-bond acceptors (Lipinski definition) is 2. The molecule has 18 heavy (non-hydrogen) atoms. The van der Waals surface area contributed by atoms with Gasteiger partial charge in [-0.15, -0.1) is 0 Å². The van der Waals surface area contributed by atoms with E-state index in [1.165, 1.54) is 5.69 Å². The highest BCUT2D eigenvalue weighted by atomic mass is 15.1. The van der Waals surface area contributed by atoms with E-state index in [9.17, 15) is 0 Å². The number of fused-ring (bicyclic) bond motifs is 1. The van der Waals surface area contributed by atoms with Crippen LogP contribution < -0.4 is 4.90 Å². The van der Waals surface area contributed by atoms with Crippen molar-refractivity contribution in [1.82, 2.24) is 0 Å². The van der Waals surface area contributed by atoms with Crippen LogP contribution in [0.5, 0.6) is 0 Å². The van der Waals surface area contributed by atoms with Crippen LogP contribution in [0.25, 0.3) is 10.8 Å². The molecule has 2 nitrogen and oxygen atoms in total. The molecule has 2 rings (SSSR count). The van der Waals surface area contributed by atoms with E-state index in [0.29, 0.717) is 6.04 Å². The van der Waals surface area contributed by atoms with Crippen molar-refractivity contribution in [3.63, 3.8) is 0 Å². The second-order valence-corrected chi connectivity index (χ2v) is 4.66. The van der Waals surface area contributed by atoms with Gasteiger partial charge in [-0.3, -0.25) is 0 Å². The summed E-state index contributed by atoms with van der Waals surface area (Å²) in [5.41, 5.74) is 1.94. The number of hydrogen-bond donors (Lipinski definition) is 0. The first-order valence-electron chi connectivity index (χ1n) is 6.33. The van der Waals surface area contributed by atoms with Gasteiger partial charge in [0.15, 0.2) is 0 Å². The lowest BCUT2D eigenvalue weighted by atomic mass is 10.0. The topological polar surface area (TPSA) is 27.0 Å². The summed E-state index contributed by atoms with van der Waals surface area (Å²) in [6.45, 7) is 4.40. The standard InChI is InChI=1S/C16H18N2/c1-4-12(2)18(3)16-10-9-13(11-17)14-7-5-6-8-15(14)16/h5-10,12H,4H2,1-3H3. The molecule has 0 amide bonds. The summed E-state index contributed by atoms with van der Waals surface area (Å²) in [5.74, 6) is 0. The molecular weight excluding hydrogens is 220 g/mol. The first kappa shape index (κ1) is 12.4. The van der Waals surface area contributed by atoms with Crippen LogP contribution in [0.3, 0.4) is 0 Å². The van der Waals surface area contributed by atoms with Crippen molar-refractivity contribution in [1.29, 1.82) is 5.26 Å². The number of anilines is 1. The quantitative estimate of drug-likeness (QED) is 0.809. The van der Waals surface area contributed by atoms with Gasteiger partial charge in [0.1, 0.15) is 0 Å². The van der Waals surface area contributed by atoms with Crippen LogP contribution in [-0.4, -0.2) is 13.1 Å². The maximum Gasteiger partial charge on any atom is 0.0998 e. The van der Waals surface area contributed by atoms with Gasteiger partial charge in [-0.25, -0.2) is 0 Å². The van der Waals surface area contributed by atoms with Crippen LogP contribution in [0.4, 0.5) is 5.69 Å². The van der Waals surface area contributed by atoms with Gasteiger partial charge in [-0.1, -0.05) is 31.2 Å². The average Bonchev–Trinajstić information content (AvgIpc) is 2.44. The van der Waals surface area contributed by atoms with Crippen molar-refractivity contribution >= 4 is 16.5 Å². The smallest absolute Gasteiger partial charge is 0.0998 e. The number of rotatable bonds is 3. The molecular formula is C16H18N2. The van der Waals surface area contributed by atoms with E-state index in [1.807, 2.05) is 30.3 Å². The molecule has 2 aromatic rings. The number of benzene rings is 2. The normalized spacial score (nSPS) is 12.1. The van der Waals surface area contributed by atoms with Crippen molar-refractivity contribution in [2.24, 2.45) is 0 Å². The summed E-state index contributed by atoms with van der Waals surface area (Å²) in [6.07, 6.45) is 1.10. The molecule has 0 aliphatic rings. The molecule has 0 N–H and O–H groups in total. The van der Waals surface area contributed by atoms with Crippen LogP contribution in [-0.2, 0) is 0 Å². The summed E-state index contributed by atoms with van der Waals surface area (Å²) in [6, 6.07) is 14.8. The summed E-state index contributed by atoms with van der Waals surface area (Å²) in [7, 11) is 2.11. The van der Waals surface area contributed by atoms with Gasteiger partial charge in [0.25, 0.3) is 0 Å². The van der Waals surface area contributed by atoms with Crippen LogP contribution in [0.15, 0.2) is 36.4 Å². The molecule has 0 heterocycles. The Labute approximate surface area is 108 Å². The van der Waals surface area contributed by atoms with Crippen molar-refractivity contribution in [2.75, 3.05) is 11.9 Å². The first-order valence-corrected chi connectivity index (χ1v) is 6.33. The lowest BCUT2D eigenvalue weighted by Crippen LogP contribution is -2.28. The Bertz CT molecular complexity index is 596. The van der Waals surface area contributed by atoms with Gasteiger partial charge >= 0.3 is 0 Å². The van der Waals surface area contributed by atoms with E-state index < -0.39 is 0 Å². The zero-order chi connectivity index (χ0) is 13.1. The van der Waals surface area contributed by atoms with E-state index in [-0.39, 0.29) is 0 Å². The maximum atomic E-state index is 9.16. The highest BCUT2D eigenvalue weighted by molar-refractivity contribution is 5.97. The highest BCUT2D eigenvalue weighted by Crippen LogP contribution is 2.29. The van der Waals surface area contributed by atoms with Gasteiger partial charge in [-0.2, -0.15) is 5.26 Å². The highest BCUT2D eigenvalue weighted by Gasteiger charge is 2.12. The van der Waals surface area contributed by atoms with Gasteiger partial charge in [0, 0.05) is 29.5 Å². The largest absolute Gasteiger partial charge is 0.371 e. The molecule has 0 aromatic heterocycles. The van der Waals surface area contributed by atoms with Crippen molar-refractivity contribution in [3.8, 4) is 6.07 Å². The Morgan fingerprint density at radius 3 is 2.44 bits per heavy atom. The third-order valence-electron chi connectivity index (χ3n) is 3.65. The third kappa shape index (κ3) is 2.04. The molecule has 0 spiro atoms. The zero-order valence-corrected chi connectivity index (χ0v) is 11.1. The van der Waals surface area contributed by atoms with Gasteiger partial charge in [-0.05, 0) is 25.5 Å². The Balaban J connectivity index is 2.64. The number of nitriles is 1. The molecule has 0 aliphatic carbocycles. The molecule has 0 radical (unpaired) electrons. The first-order chi connectivity index (χ1) is 8.69. The second-order valence-electron chi connectivity index (χ2n) is 4.66. The fraction of sp³-hybridized carbons (Fsp3) is 0.312. The minimum Gasteiger partial charge on any atom is -0.371 e. The van der Waals surface area contributed by atoms with Crippen molar-refractivity contribution < 1.29 is 0 Å². The Hall–Kier alpha value is -2.01. The summed E-state index contributed by atoms with van der Waals surface area (Å²) in [5, 5.41) is 11.3. The van der Waals surface area contributed by atoms with Crippen LogP contribution in [0, 0.1) is 11.3 Å². The zero-order valence-electron chi connectivity index (χ0n) is 11.1. The maximum absolute atomic E-state index is 9.16. The fourth-order valence-electron chi connectivity index (χ4n) is 2.20. The summed E-state index contributed by atoms with van der Waals surface area (Å²) >= 11 is 0. The van der Waals surface area contributed by atoms with E-state index >= 15 is 0 Å². The molecule has 92 valence electrons. The van der Waals surface area contributed by atoms with Crippen LogP contribution in [0.2, 0.25) is 0 Å². The molecule has 2 aromatic carbocycles. The molecule has 2 heteroatoms. The van der Waals surface area contributed by atoms with Gasteiger partial charge in [0.2, 0.25) is 0 Å². The molecule has 0 aliphatic heterocycles. The Morgan fingerprint density at radius 2 is 1.83 bits per heavy atom. The second kappa shape index (κ2) is 5.10. The lowest BCUT2D eigenvalue weighted by molar-refractivity contribution is 0.665. The summed E-state index contributed by atoms with van der Waals surface area (Å²) < 4.78 is 0. The molecule has 0 saturated carbocycles. The number of nitrogens with zero attached hydrogens (tertiary/aromatic N) is 2. The minimum atomic E-state index is 0.487. The van der Waals surface area contributed by atoms with Crippen LogP contribution >= 0.6 is 0 Å². The van der Waals surface area contributed by atoms with E-state index in [0.717, 1.165) is 22.8 Å². The minimum absolute atomic E-state index is 0.487. The predicted octanol–water partition coefficient (Wildman–Crippen LogP) is 3.95. The third-order valence-corrected chi connectivity index (χ3v) is 3.65. The van der Waals surface area contributed by atoms with Gasteiger partial charge in [0.05, 0.1) is 11.6 Å².